The summed E-state index contributed by atoms with van der Waals surface area (Å²) >= 11 is 0. The van der Waals surface area contributed by atoms with Crippen molar-refractivity contribution in [2.45, 2.75) is 65.7 Å². The zero-order valence-electron chi connectivity index (χ0n) is 19.6. The minimum absolute atomic E-state index is 0.120. The van der Waals surface area contributed by atoms with Crippen LogP contribution >= 0.6 is 0 Å². The third-order valence-corrected chi connectivity index (χ3v) is 5.24. The molecule has 1 N–H and O–H groups in total. The summed E-state index contributed by atoms with van der Waals surface area (Å²) in [6.45, 7) is 12.4. The third kappa shape index (κ3) is 9.59. The van der Waals surface area contributed by atoms with Crippen molar-refractivity contribution in [1.82, 2.24) is 10.2 Å². The molecule has 7 heteroatoms. The van der Waals surface area contributed by atoms with Crippen molar-refractivity contribution in [3.8, 4) is 0 Å². The first-order chi connectivity index (χ1) is 14.6. The second-order valence-corrected chi connectivity index (χ2v) is 9.50. The largest absolute Gasteiger partial charge is 0.445 e. The van der Waals surface area contributed by atoms with Crippen LogP contribution in [-0.2, 0) is 20.8 Å². The van der Waals surface area contributed by atoms with Gasteiger partial charge >= 0.3 is 12.2 Å². The van der Waals surface area contributed by atoms with Gasteiger partial charge in [0.15, 0.2) is 0 Å². The van der Waals surface area contributed by atoms with Gasteiger partial charge in [0.05, 0.1) is 12.6 Å². The smallest absolute Gasteiger partial charge is 0.410 e. The number of rotatable bonds is 8. The molecule has 174 valence electrons. The minimum Gasteiger partial charge on any atom is -0.445 e. The van der Waals surface area contributed by atoms with Gasteiger partial charge in [-0.15, -0.1) is 0 Å². The van der Waals surface area contributed by atoms with Crippen LogP contribution in [0.2, 0.25) is 0 Å². The fourth-order valence-electron chi connectivity index (χ4n) is 3.29. The Bertz CT molecular complexity index is 679. The van der Waals surface area contributed by atoms with Crippen molar-refractivity contribution in [3.05, 3.63) is 35.9 Å². The lowest BCUT2D eigenvalue weighted by Crippen LogP contribution is -2.44. The van der Waals surface area contributed by atoms with Gasteiger partial charge in [0.25, 0.3) is 0 Å². The van der Waals surface area contributed by atoms with Crippen LogP contribution in [0, 0.1) is 11.8 Å². The van der Waals surface area contributed by atoms with E-state index >= 15 is 0 Å². The van der Waals surface area contributed by atoms with E-state index in [2.05, 4.69) is 5.32 Å². The number of benzene rings is 1. The number of hydrogen-bond acceptors (Lipinski definition) is 5. The second-order valence-electron chi connectivity index (χ2n) is 9.50. The molecule has 2 rings (SSSR count). The van der Waals surface area contributed by atoms with Crippen LogP contribution < -0.4 is 5.32 Å². The number of carbonyl (C=O) groups is 2. The van der Waals surface area contributed by atoms with Crippen LogP contribution in [0.3, 0.4) is 0 Å². The zero-order chi connectivity index (χ0) is 22.9. The van der Waals surface area contributed by atoms with Gasteiger partial charge in [-0.25, -0.2) is 9.59 Å². The predicted molar refractivity (Wildman–Crippen MR) is 120 cm³/mol. The molecular weight excluding hydrogens is 396 g/mol. The quantitative estimate of drug-likeness (QED) is 0.647. The molecule has 0 spiro atoms. The lowest BCUT2D eigenvalue weighted by Gasteiger charge is -2.33. The monoisotopic (exact) mass is 434 g/mol. The van der Waals surface area contributed by atoms with Crippen molar-refractivity contribution in [2.75, 3.05) is 26.3 Å². The summed E-state index contributed by atoms with van der Waals surface area (Å²) in [4.78, 5) is 26.1. The van der Waals surface area contributed by atoms with Gasteiger partial charge in [-0.1, -0.05) is 44.2 Å². The average Bonchev–Trinajstić information content (AvgIpc) is 2.71. The van der Waals surface area contributed by atoms with Gasteiger partial charge in [-0.3, -0.25) is 0 Å². The number of hydrogen-bond donors (Lipinski definition) is 1. The number of nitrogens with zero attached hydrogens (tertiary/aromatic N) is 1. The lowest BCUT2D eigenvalue weighted by atomic mass is 9.98. The van der Waals surface area contributed by atoms with Gasteiger partial charge < -0.3 is 24.4 Å². The van der Waals surface area contributed by atoms with Gasteiger partial charge in [0.2, 0.25) is 0 Å². The summed E-state index contributed by atoms with van der Waals surface area (Å²) in [6, 6.07) is 9.48. The van der Waals surface area contributed by atoms with Crippen molar-refractivity contribution in [1.29, 1.82) is 0 Å². The molecule has 1 saturated heterocycles. The minimum atomic E-state index is -0.474. The maximum Gasteiger partial charge on any atom is 0.410 e. The van der Waals surface area contributed by atoms with Gasteiger partial charge in [-0.05, 0) is 51.0 Å². The van der Waals surface area contributed by atoms with Crippen molar-refractivity contribution in [2.24, 2.45) is 11.8 Å². The molecule has 31 heavy (non-hydrogen) atoms. The molecule has 0 unspecified atom stereocenters. The number of alkyl carbamates (subject to hydrolysis) is 1. The Morgan fingerprint density at radius 3 is 2.35 bits per heavy atom. The zero-order valence-corrected chi connectivity index (χ0v) is 19.6. The summed E-state index contributed by atoms with van der Waals surface area (Å²) in [5.41, 5.74) is 0.478. The first-order valence-electron chi connectivity index (χ1n) is 11.2. The van der Waals surface area contributed by atoms with Crippen LogP contribution in [0.1, 0.15) is 53.0 Å². The topological polar surface area (TPSA) is 77.1 Å². The molecule has 7 nitrogen and oxygen atoms in total. The summed E-state index contributed by atoms with van der Waals surface area (Å²) in [7, 11) is 0. The van der Waals surface area contributed by atoms with Crippen molar-refractivity contribution >= 4 is 12.2 Å². The van der Waals surface area contributed by atoms with Crippen LogP contribution in [0.5, 0.6) is 0 Å². The standard InChI is InChI=1S/C24H38N2O5/c1-18(2)21(25-22(27)30-16-19-9-7-6-8-10-19)17-29-15-20-11-13-26(14-12-20)23(28)31-24(3,4)5/h6-10,18,20-21H,11-17H2,1-5H3,(H,25,27)/t21-/m1/s1. The van der Waals surface area contributed by atoms with Crippen LogP contribution in [0.4, 0.5) is 9.59 Å². The fourth-order valence-corrected chi connectivity index (χ4v) is 3.29. The van der Waals surface area contributed by atoms with E-state index in [1.165, 1.54) is 0 Å². The number of nitrogens with one attached hydrogen (secondary N) is 1. The molecule has 1 fully saturated rings. The molecule has 0 aromatic heterocycles. The van der Waals surface area contributed by atoms with Crippen molar-refractivity contribution in [3.63, 3.8) is 0 Å². The van der Waals surface area contributed by atoms with Crippen LogP contribution in [0.15, 0.2) is 30.3 Å². The normalized spacial score (nSPS) is 16.1. The Morgan fingerprint density at radius 1 is 1.13 bits per heavy atom. The predicted octanol–water partition coefficient (Wildman–Crippen LogP) is 4.60. The van der Waals surface area contributed by atoms with Gasteiger partial charge in [0.1, 0.15) is 12.2 Å². The summed E-state index contributed by atoms with van der Waals surface area (Å²) in [6.07, 6.45) is 1.10. The molecular formula is C24H38N2O5. The highest BCUT2D eigenvalue weighted by atomic mass is 16.6. The highest BCUT2D eigenvalue weighted by molar-refractivity contribution is 5.68. The average molecular weight is 435 g/mol. The Hall–Kier alpha value is -2.28. The number of likely N-dealkylation sites (tertiary alicyclic amines) is 1. The number of carbonyl (C=O) groups excluding carboxylic acids is 2. The van der Waals surface area contributed by atoms with E-state index in [9.17, 15) is 9.59 Å². The van der Waals surface area contributed by atoms with Crippen LogP contribution in [0.25, 0.3) is 0 Å². The second kappa shape index (κ2) is 11.9. The lowest BCUT2D eigenvalue weighted by molar-refractivity contribution is 0.00942. The molecule has 1 aliphatic rings. The summed E-state index contributed by atoms with van der Waals surface area (Å²) < 4.78 is 16.7. The molecule has 0 bridgehead atoms. The molecule has 1 aliphatic heterocycles. The number of amides is 2. The van der Waals surface area contributed by atoms with E-state index < -0.39 is 11.7 Å². The molecule has 0 aliphatic carbocycles. The summed E-state index contributed by atoms with van der Waals surface area (Å²) in [5, 5.41) is 2.91. The summed E-state index contributed by atoms with van der Waals surface area (Å²) in [5.74, 6) is 0.620. The van der Waals surface area contributed by atoms with E-state index in [4.69, 9.17) is 14.2 Å². The van der Waals surface area contributed by atoms with Gasteiger partial charge in [0, 0.05) is 19.7 Å². The highest BCUT2D eigenvalue weighted by Crippen LogP contribution is 2.20. The Balaban J connectivity index is 1.67. The van der Waals surface area contributed by atoms with E-state index in [1.54, 1.807) is 4.90 Å². The Labute approximate surface area is 186 Å². The number of ether oxygens (including phenoxy) is 3. The fraction of sp³-hybridized carbons (Fsp3) is 0.667. The molecule has 1 atom stereocenters. The Morgan fingerprint density at radius 2 is 1.77 bits per heavy atom. The van der Waals surface area contributed by atoms with Crippen LogP contribution in [-0.4, -0.2) is 55.0 Å². The van der Waals surface area contributed by atoms with Gasteiger partial charge in [-0.2, -0.15) is 0 Å². The molecule has 0 radical (unpaired) electrons. The molecule has 1 aromatic rings. The third-order valence-electron chi connectivity index (χ3n) is 5.24. The molecule has 1 heterocycles. The highest BCUT2D eigenvalue weighted by Gasteiger charge is 2.27. The maximum atomic E-state index is 12.2. The SMILES string of the molecule is CC(C)[C@@H](COCC1CCN(C(=O)OC(C)(C)C)CC1)NC(=O)OCc1ccccc1. The van der Waals surface area contributed by atoms with E-state index in [0.717, 1.165) is 18.4 Å². The first-order valence-corrected chi connectivity index (χ1v) is 11.2. The van der Waals surface area contributed by atoms with E-state index in [-0.39, 0.29) is 24.7 Å². The first kappa shape index (κ1) is 25.0. The van der Waals surface area contributed by atoms with E-state index in [0.29, 0.717) is 32.2 Å². The molecule has 1 aromatic carbocycles. The molecule has 2 amide bonds. The van der Waals surface area contributed by atoms with Crippen molar-refractivity contribution < 1.29 is 23.8 Å². The molecule has 0 saturated carbocycles. The van der Waals surface area contributed by atoms with E-state index in [1.807, 2.05) is 65.0 Å². The maximum absolute atomic E-state index is 12.2. The Kier molecular flexibility index (Phi) is 9.62. The number of piperidine rings is 1.